The van der Waals surface area contributed by atoms with Crippen LogP contribution < -0.4 is 47.9 Å². The summed E-state index contributed by atoms with van der Waals surface area (Å²) in [4.78, 5) is 71.9. The number of hydrogen-bond donors (Lipinski definition) is 7. The lowest BCUT2D eigenvalue weighted by Crippen LogP contribution is -2.56. The highest BCUT2D eigenvalue weighted by Gasteiger charge is 2.36. The molecule has 16 nitrogen and oxygen atoms in total. The van der Waals surface area contributed by atoms with Gasteiger partial charge >= 0.3 is 0 Å². The number of unbranched alkanes of at least 4 members (excludes halogenated alkanes) is 5. The molecule has 0 radical (unpaired) electrons. The zero-order valence-corrected chi connectivity index (χ0v) is 38.7. The highest BCUT2D eigenvalue weighted by molar-refractivity contribution is 6.00. The highest BCUT2D eigenvalue weighted by Crippen LogP contribution is 2.40. The van der Waals surface area contributed by atoms with Crippen LogP contribution in [0, 0.1) is 11.3 Å². The number of nitrogens with zero attached hydrogens (tertiary/aromatic N) is 2. The molecule has 1 aliphatic rings. The van der Waals surface area contributed by atoms with E-state index in [9.17, 15) is 29.2 Å². The summed E-state index contributed by atoms with van der Waals surface area (Å²) in [6.07, 6.45) is 8.70. The number of hydrogen-bond acceptors (Lipinski definition) is 11. The Balaban J connectivity index is 1.78. The van der Waals surface area contributed by atoms with Crippen molar-refractivity contribution in [1.29, 1.82) is 5.26 Å². The third-order valence-electron chi connectivity index (χ3n) is 11.4. The summed E-state index contributed by atoms with van der Waals surface area (Å²) in [5.74, 6) is -2.24. The molecule has 3 aromatic rings. The lowest BCUT2D eigenvalue weighted by atomic mass is 9.93. The van der Waals surface area contributed by atoms with Gasteiger partial charge in [-0.25, -0.2) is 0 Å². The molecule has 65 heavy (non-hydrogen) atoms. The van der Waals surface area contributed by atoms with Gasteiger partial charge in [-0.3, -0.25) is 24.0 Å². The van der Waals surface area contributed by atoms with Gasteiger partial charge in [0.2, 0.25) is 23.6 Å². The van der Waals surface area contributed by atoms with E-state index in [2.05, 4.69) is 34.3 Å². The van der Waals surface area contributed by atoms with E-state index in [1.807, 2.05) is 19.1 Å². The average Bonchev–Trinajstić information content (AvgIpc) is 3.30. The maximum absolute atomic E-state index is 14.7. The molecule has 4 rings (SSSR count). The third kappa shape index (κ3) is 14.5. The minimum absolute atomic E-state index is 0.0104. The van der Waals surface area contributed by atoms with Crippen LogP contribution in [0.4, 0.5) is 0 Å². The van der Waals surface area contributed by atoms with Gasteiger partial charge < -0.3 is 52.8 Å². The zero-order chi connectivity index (χ0) is 47.5. The number of nitriles is 1. The molecule has 0 saturated carbocycles. The molecule has 4 bridgehead atoms. The molecule has 0 unspecified atom stereocenters. The van der Waals surface area contributed by atoms with Crippen LogP contribution in [0.25, 0.3) is 11.1 Å². The second kappa shape index (κ2) is 26.1. The fraction of sp³-hybridized carbons (Fsp3) is 0.510. The summed E-state index contributed by atoms with van der Waals surface area (Å²) in [5.41, 5.74) is 22.2. The number of carbonyl (C=O) groups is 5. The van der Waals surface area contributed by atoms with Crippen molar-refractivity contribution < 1.29 is 33.4 Å². The Kier molecular flexibility index (Phi) is 20.7. The van der Waals surface area contributed by atoms with E-state index < -0.39 is 59.7 Å². The molecule has 0 aromatic heterocycles. The van der Waals surface area contributed by atoms with Crippen molar-refractivity contribution >= 4 is 29.5 Å². The molecule has 1 aliphatic heterocycles. The summed E-state index contributed by atoms with van der Waals surface area (Å²) in [6, 6.07) is 12.4. The van der Waals surface area contributed by atoms with Crippen molar-refractivity contribution in [3.05, 3.63) is 82.4 Å². The number of ether oxygens (including phenoxy) is 2. The first kappa shape index (κ1) is 51.6. The SMILES string of the molecule is CCCCCCCCc1ccc(C(=O)N[C@@H](CCN)C(=O)N(C)[C@@H]2C(=O)N[C@@H](C)C(=O)N[C@H](C(=O)N[C@H](C)C#N)Cc3ccc(OCCN)c(c3)-c3cc2ccc3OCCN)c(CC)c1. The van der Waals surface area contributed by atoms with E-state index in [0.717, 1.165) is 30.4 Å². The number of fused-ring (bicyclic) bond motifs is 5. The second-order valence-electron chi connectivity index (χ2n) is 16.5. The Morgan fingerprint density at radius 3 is 2.15 bits per heavy atom. The van der Waals surface area contributed by atoms with Crippen LogP contribution in [0.2, 0.25) is 0 Å². The smallest absolute Gasteiger partial charge is 0.252 e. The second-order valence-corrected chi connectivity index (χ2v) is 16.5. The first-order valence-corrected chi connectivity index (χ1v) is 22.9. The van der Waals surface area contributed by atoms with Crippen LogP contribution >= 0.6 is 0 Å². The van der Waals surface area contributed by atoms with Crippen LogP contribution in [0.5, 0.6) is 11.5 Å². The summed E-state index contributed by atoms with van der Waals surface area (Å²) < 4.78 is 12.2. The van der Waals surface area contributed by atoms with Gasteiger partial charge in [0.15, 0.2) is 0 Å². The summed E-state index contributed by atoms with van der Waals surface area (Å²) >= 11 is 0. The van der Waals surface area contributed by atoms with Crippen molar-refractivity contribution in [2.45, 2.75) is 122 Å². The monoisotopic (exact) mass is 896 g/mol. The number of amides is 5. The fourth-order valence-electron chi connectivity index (χ4n) is 7.89. The third-order valence-corrected chi connectivity index (χ3v) is 11.4. The average molecular weight is 896 g/mol. The lowest BCUT2D eigenvalue weighted by Gasteiger charge is -2.32. The maximum Gasteiger partial charge on any atom is 0.252 e. The first-order valence-electron chi connectivity index (χ1n) is 22.9. The van der Waals surface area contributed by atoms with Gasteiger partial charge in [-0.15, -0.1) is 0 Å². The minimum atomic E-state index is -1.36. The fourth-order valence-corrected chi connectivity index (χ4v) is 7.89. The van der Waals surface area contributed by atoms with Gasteiger partial charge in [0.25, 0.3) is 5.91 Å². The Hall–Kier alpha value is -6.02. The van der Waals surface area contributed by atoms with E-state index in [1.165, 1.54) is 51.5 Å². The Bertz CT molecular complexity index is 2140. The molecule has 0 aliphatic carbocycles. The number of nitrogens with two attached hydrogens (primary N) is 3. The quantitative estimate of drug-likeness (QED) is 0.0716. The van der Waals surface area contributed by atoms with Crippen LogP contribution in [-0.2, 0) is 38.4 Å². The summed E-state index contributed by atoms with van der Waals surface area (Å²) in [6.45, 7) is 7.94. The molecule has 5 amide bonds. The normalized spacial score (nSPS) is 17.0. The molecule has 0 saturated heterocycles. The van der Waals surface area contributed by atoms with Crippen LogP contribution in [0.3, 0.4) is 0 Å². The highest BCUT2D eigenvalue weighted by atomic mass is 16.5. The molecular formula is C49H69N9O7. The number of rotatable bonds is 22. The largest absolute Gasteiger partial charge is 0.492 e. The van der Waals surface area contributed by atoms with Gasteiger partial charge in [-0.1, -0.05) is 70.2 Å². The van der Waals surface area contributed by atoms with Gasteiger partial charge in [0.1, 0.15) is 54.9 Å². The first-order chi connectivity index (χ1) is 31.3. The molecule has 16 heteroatoms. The van der Waals surface area contributed by atoms with E-state index in [0.29, 0.717) is 45.7 Å². The van der Waals surface area contributed by atoms with Gasteiger partial charge in [-0.2, -0.15) is 5.26 Å². The van der Waals surface area contributed by atoms with Crippen LogP contribution in [-0.4, -0.2) is 98.5 Å². The Morgan fingerprint density at radius 2 is 1.51 bits per heavy atom. The van der Waals surface area contributed by atoms with Gasteiger partial charge in [0.05, 0.1) is 6.07 Å². The number of carbonyl (C=O) groups excluding carboxylic acids is 5. The molecule has 1 heterocycles. The Morgan fingerprint density at radius 1 is 0.846 bits per heavy atom. The molecule has 352 valence electrons. The van der Waals surface area contributed by atoms with Crippen molar-refractivity contribution in [2.24, 2.45) is 17.2 Å². The predicted octanol–water partition coefficient (Wildman–Crippen LogP) is 3.71. The number of likely N-dealkylation sites (N-methyl/N-ethyl adjacent to an activating group) is 1. The topological polar surface area (TPSA) is 257 Å². The standard InChI is InChI=1S/C49H69N9O7/c1-6-8-9-10-11-12-13-33-14-17-37(35(7-2)26-33)46(60)56-40(20-21-50)49(63)58(5)44-36-16-19-43(65-25-23-52)39(29-36)38-27-34(15-18-42(38)64-24-22-51)28-41(47(61)54-31(3)30-53)57-45(59)32(4)55-48(44)62/h14-19,26-27,29,31-32,40-41,44H,6-13,20-25,28,50-52H2,1-5H3,(H,54,61)(H,55,62)(H,56,60)(H,57,59)/t31-,32+,40+,41+,44+/m1/s1. The molecule has 10 N–H and O–H groups in total. The number of aryl methyl sites for hydroxylation is 2. The minimum Gasteiger partial charge on any atom is -0.492 e. The van der Waals surface area contributed by atoms with Crippen LogP contribution in [0.1, 0.15) is 111 Å². The zero-order valence-electron chi connectivity index (χ0n) is 38.7. The van der Waals surface area contributed by atoms with E-state index in [4.69, 9.17) is 26.7 Å². The van der Waals surface area contributed by atoms with E-state index in [1.54, 1.807) is 42.5 Å². The van der Waals surface area contributed by atoms with Gasteiger partial charge in [0, 0.05) is 43.2 Å². The molecular weight excluding hydrogens is 827 g/mol. The van der Waals surface area contributed by atoms with Gasteiger partial charge in [-0.05, 0) is 98.7 Å². The van der Waals surface area contributed by atoms with E-state index in [-0.39, 0.29) is 45.7 Å². The van der Waals surface area contributed by atoms with Crippen molar-refractivity contribution in [3.8, 4) is 28.7 Å². The maximum atomic E-state index is 14.7. The molecule has 0 fully saturated rings. The molecule has 0 spiro atoms. The van der Waals surface area contributed by atoms with Crippen molar-refractivity contribution in [3.63, 3.8) is 0 Å². The number of nitrogens with one attached hydrogen (secondary N) is 4. The van der Waals surface area contributed by atoms with Crippen LogP contribution in [0.15, 0.2) is 54.6 Å². The van der Waals surface area contributed by atoms with E-state index >= 15 is 0 Å². The molecule has 5 atom stereocenters. The molecule has 3 aromatic carbocycles. The Labute approximate surface area is 383 Å². The number of benzene rings is 3. The van der Waals surface area contributed by atoms with Crippen molar-refractivity contribution in [2.75, 3.05) is 39.9 Å². The van der Waals surface area contributed by atoms with Crippen molar-refractivity contribution in [1.82, 2.24) is 26.2 Å². The lowest BCUT2D eigenvalue weighted by molar-refractivity contribution is -0.141. The predicted molar refractivity (Wildman–Crippen MR) is 251 cm³/mol. The summed E-state index contributed by atoms with van der Waals surface area (Å²) in [7, 11) is 1.45. The summed E-state index contributed by atoms with van der Waals surface area (Å²) in [5, 5.41) is 20.4.